The SMILES string of the molecule is O=C(O)c1cc(C=CCCBr)cnc1Cl. The summed E-state index contributed by atoms with van der Waals surface area (Å²) in [5, 5.41) is 9.69. The molecule has 80 valence electrons. The Labute approximate surface area is 101 Å². The molecule has 1 rings (SSSR count). The van der Waals surface area contributed by atoms with Crippen molar-refractivity contribution < 1.29 is 9.90 Å². The summed E-state index contributed by atoms with van der Waals surface area (Å²) in [6, 6.07) is 1.50. The van der Waals surface area contributed by atoms with Crippen molar-refractivity contribution in [2.24, 2.45) is 0 Å². The van der Waals surface area contributed by atoms with Gasteiger partial charge in [0.2, 0.25) is 0 Å². The third-order valence-electron chi connectivity index (χ3n) is 1.68. The maximum Gasteiger partial charge on any atom is 0.338 e. The van der Waals surface area contributed by atoms with Gasteiger partial charge in [0, 0.05) is 11.5 Å². The van der Waals surface area contributed by atoms with Gasteiger partial charge in [-0.25, -0.2) is 9.78 Å². The Morgan fingerprint density at radius 1 is 1.67 bits per heavy atom. The Morgan fingerprint density at radius 2 is 2.40 bits per heavy atom. The number of carboxylic acids is 1. The number of aromatic carboxylic acids is 1. The fourth-order valence-corrected chi connectivity index (χ4v) is 1.44. The highest BCUT2D eigenvalue weighted by Gasteiger charge is 2.09. The average Bonchev–Trinajstić information content (AvgIpc) is 2.20. The largest absolute Gasteiger partial charge is 0.478 e. The second-order valence-electron chi connectivity index (χ2n) is 2.79. The van der Waals surface area contributed by atoms with Crippen molar-refractivity contribution in [3.8, 4) is 0 Å². The second kappa shape index (κ2) is 5.88. The molecule has 3 nitrogen and oxygen atoms in total. The number of aromatic nitrogens is 1. The number of pyridine rings is 1. The van der Waals surface area contributed by atoms with Crippen molar-refractivity contribution in [2.75, 3.05) is 5.33 Å². The molecule has 0 aliphatic rings. The topological polar surface area (TPSA) is 50.2 Å². The van der Waals surface area contributed by atoms with E-state index in [4.69, 9.17) is 16.7 Å². The van der Waals surface area contributed by atoms with E-state index in [9.17, 15) is 4.79 Å². The molecule has 0 saturated heterocycles. The smallest absolute Gasteiger partial charge is 0.338 e. The fourth-order valence-electron chi connectivity index (χ4n) is 0.988. The molecule has 0 spiro atoms. The molecule has 0 atom stereocenters. The number of hydrogen-bond acceptors (Lipinski definition) is 2. The first kappa shape index (κ1) is 12.2. The first-order chi connectivity index (χ1) is 7.15. The van der Waals surface area contributed by atoms with Crippen LogP contribution in [-0.2, 0) is 0 Å². The van der Waals surface area contributed by atoms with Gasteiger partial charge in [-0.2, -0.15) is 0 Å². The standard InChI is InChI=1S/C10H9BrClNO2/c11-4-2-1-3-7-5-8(10(14)15)9(12)13-6-7/h1,3,5-6H,2,4H2,(H,14,15). The average molecular weight is 291 g/mol. The van der Waals surface area contributed by atoms with Gasteiger partial charge in [-0.15, -0.1) is 0 Å². The number of alkyl halides is 1. The van der Waals surface area contributed by atoms with Gasteiger partial charge in [0.25, 0.3) is 0 Å². The third kappa shape index (κ3) is 3.64. The molecule has 5 heteroatoms. The van der Waals surface area contributed by atoms with Crippen LogP contribution in [0.5, 0.6) is 0 Å². The number of halogens is 2. The summed E-state index contributed by atoms with van der Waals surface area (Å²) in [7, 11) is 0. The lowest BCUT2D eigenvalue weighted by atomic mass is 10.2. The molecule has 0 unspecified atom stereocenters. The van der Waals surface area contributed by atoms with Crippen LogP contribution in [0.4, 0.5) is 0 Å². The Bertz CT molecular complexity index is 393. The third-order valence-corrected chi connectivity index (χ3v) is 2.44. The Kier molecular flexibility index (Phi) is 4.78. The summed E-state index contributed by atoms with van der Waals surface area (Å²) in [6.45, 7) is 0. The van der Waals surface area contributed by atoms with Crippen LogP contribution in [0, 0.1) is 0 Å². The first-order valence-corrected chi connectivity index (χ1v) is 5.76. The molecule has 1 heterocycles. The van der Waals surface area contributed by atoms with E-state index in [1.165, 1.54) is 6.07 Å². The van der Waals surface area contributed by atoms with Gasteiger partial charge < -0.3 is 5.11 Å². The van der Waals surface area contributed by atoms with Crippen LogP contribution < -0.4 is 0 Å². The molecule has 0 radical (unpaired) electrons. The van der Waals surface area contributed by atoms with Crippen LogP contribution in [0.3, 0.4) is 0 Å². The van der Waals surface area contributed by atoms with E-state index in [0.717, 1.165) is 17.3 Å². The zero-order chi connectivity index (χ0) is 11.3. The van der Waals surface area contributed by atoms with Gasteiger partial charge in [0.05, 0.1) is 5.56 Å². The molecule has 1 aromatic heterocycles. The van der Waals surface area contributed by atoms with Gasteiger partial charge in [0.1, 0.15) is 5.15 Å². The molecule has 1 N–H and O–H groups in total. The number of carbonyl (C=O) groups is 1. The molecule has 1 aromatic rings. The van der Waals surface area contributed by atoms with Crippen molar-refractivity contribution in [1.82, 2.24) is 4.98 Å². The predicted octanol–water partition coefficient (Wildman–Crippen LogP) is 3.23. The molecule has 0 amide bonds. The highest BCUT2D eigenvalue weighted by Crippen LogP contribution is 2.15. The van der Waals surface area contributed by atoms with E-state index < -0.39 is 5.97 Å². The van der Waals surface area contributed by atoms with Crippen LogP contribution in [0.25, 0.3) is 6.08 Å². The number of nitrogens with zero attached hydrogens (tertiary/aromatic N) is 1. The first-order valence-electron chi connectivity index (χ1n) is 4.26. The molecule has 0 saturated carbocycles. The van der Waals surface area contributed by atoms with Crippen molar-refractivity contribution >= 4 is 39.6 Å². The lowest BCUT2D eigenvalue weighted by molar-refractivity contribution is 0.0696. The molecule has 0 aliphatic heterocycles. The lowest BCUT2D eigenvalue weighted by Gasteiger charge is -1.99. The predicted molar refractivity (Wildman–Crippen MR) is 63.7 cm³/mol. The molecule has 0 aromatic carbocycles. The molecule has 0 fully saturated rings. The van der Waals surface area contributed by atoms with Crippen LogP contribution in [0.2, 0.25) is 5.15 Å². The van der Waals surface area contributed by atoms with E-state index in [0.29, 0.717) is 0 Å². The Balaban J connectivity index is 2.92. The lowest BCUT2D eigenvalue weighted by Crippen LogP contribution is -1.99. The van der Waals surface area contributed by atoms with Crippen LogP contribution in [0.15, 0.2) is 18.3 Å². The van der Waals surface area contributed by atoms with Gasteiger partial charge in [-0.3, -0.25) is 0 Å². The van der Waals surface area contributed by atoms with Crippen LogP contribution >= 0.6 is 27.5 Å². The fraction of sp³-hybridized carbons (Fsp3) is 0.200. The van der Waals surface area contributed by atoms with Crippen molar-refractivity contribution in [1.29, 1.82) is 0 Å². The van der Waals surface area contributed by atoms with Gasteiger partial charge in [-0.05, 0) is 18.1 Å². The molecule has 0 aliphatic carbocycles. The van der Waals surface area contributed by atoms with E-state index >= 15 is 0 Å². The maximum atomic E-state index is 10.7. The number of carboxylic acid groups (broad SMARTS) is 1. The number of allylic oxidation sites excluding steroid dienone is 1. The van der Waals surface area contributed by atoms with Gasteiger partial charge in [0.15, 0.2) is 0 Å². The second-order valence-corrected chi connectivity index (χ2v) is 3.94. The van der Waals surface area contributed by atoms with Crippen molar-refractivity contribution in [3.05, 3.63) is 34.6 Å². The highest BCUT2D eigenvalue weighted by atomic mass is 79.9. The highest BCUT2D eigenvalue weighted by molar-refractivity contribution is 9.09. The van der Waals surface area contributed by atoms with Gasteiger partial charge >= 0.3 is 5.97 Å². The number of hydrogen-bond donors (Lipinski definition) is 1. The minimum atomic E-state index is -1.07. The maximum absolute atomic E-state index is 10.7. The van der Waals surface area contributed by atoms with E-state index in [1.54, 1.807) is 6.20 Å². The van der Waals surface area contributed by atoms with Gasteiger partial charge in [-0.1, -0.05) is 39.7 Å². The Hall–Kier alpha value is -0.870. The monoisotopic (exact) mass is 289 g/mol. The van der Waals surface area contributed by atoms with Crippen LogP contribution in [-0.4, -0.2) is 21.4 Å². The van der Waals surface area contributed by atoms with E-state index in [1.807, 2.05) is 12.2 Å². The van der Waals surface area contributed by atoms with Crippen molar-refractivity contribution in [3.63, 3.8) is 0 Å². The zero-order valence-corrected chi connectivity index (χ0v) is 10.1. The Morgan fingerprint density at radius 3 is 3.00 bits per heavy atom. The summed E-state index contributed by atoms with van der Waals surface area (Å²) < 4.78 is 0. The minimum absolute atomic E-state index is 0.0140. The summed E-state index contributed by atoms with van der Waals surface area (Å²) in [5.41, 5.74) is 0.760. The summed E-state index contributed by atoms with van der Waals surface area (Å²) in [6.07, 6.45) is 6.17. The molecular weight excluding hydrogens is 281 g/mol. The molecule has 0 bridgehead atoms. The molecular formula is C10H9BrClNO2. The minimum Gasteiger partial charge on any atom is -0.478 e. The number of rotatable bonds is 4. The summed E-state index contributed by atoms with van der Waals surface area (Å²) in [4.78, 5) is 14.5. The zero-order valence-electron chi connectivity index (χ0n) is 7.78. The normalized spacial score (nSPS) is 10.8. The summed E-state index contributed by atoms with van der Waals surface area (Å²) in [5.74, 6) is -1.07. The quantitative estimate of drug-likeness (QED) is 0.684. The summed E-state index contributed by atoms with van der Waals surface area (Å²) >= 11 is 8.92. The van der Waals surface area contributed by atoms with E-state index in [-0.39, 0.29) is 10.7 Å². The van der Waals surface area contributed by atoms with E-state index in [2.05, 4.69) is 20.9 Å². The molecule has 15 heavy (non-hydrogen) atoms. The van der Waals surface area contributed by atoms with Crippen molar-refractivity contribution in [2.45, 2.75) is 6.42 Å². The van der Waals surface area contributed by atoms with Crippen LogP contribution in [0.1, 0.15) is 22.3 Å².